The second-order valence-corrected chi connectivity index (χ2v) is 5.42. The van der Waals surface area contributed by atoms with Gasteiger partial charge in [-0.3, -0.25) is 0 Å². The first-order valence-corrected chi connectivity index (χ1v) is 7.16. The molecule has 1 N–H and O–H groups in total. The van der Waals surface area contributed by atoms with Crippen molar-refractivity contribution in [2.45, 2.75) is 13.2 Å². The van der Waals surface area contributed by atoms with Crippen LogP contribution in [-0.4, -0.2) is 11.6 Å². The van der Waals surface area contributed by atoms with E-state index < -0.39 is 6.61 Å². The number of aromatic nitrogens is 1. The van der Waals surface area contributed by atoms with E-state index in [1.165, 1.54) is 6.07 Å². The number of alkyl halides is 2. The normalized spacial score (nSPS) is 11.0. The fourth-order valence-corrected chi connectivity index (χ4v) is 2.88. The Kier molecular flexibility index (Phi) is 3.96. The van der Waals surface area contributed by atoms with Crippen molar-refractivity contribution >= 4 is 27.2 Å². The minimum Gasteiger partial charge on any atom is -0.433 e. The predicted octanol–water partition coefficient (Wildman–Crippen LogP) is 4.51. The van der Waals surface area contributed by atoms with Gasteiger partial charge in [0.05, 0.1) is 22.4 Å². The van der Waals surface area contributed by atoms with Crippen molar-refractivity contribution < 1.29 is 13.5 Å². The van der Waals surface area contributed by atoms with Crippen LogP contribution in [-0.2, 0) is 6.54 Å². The molecule has 3 rings (SSSR count). The Balaban J connectivity index is 1.75. The molecule has 6 heteroatoms. The summed E-state index contributed by atoms with van der Waals surface area (Å²) < 4.78 is 30.3. The van der Waals surface area contributed by atoms with Crippen molar-refractivity contribution in [3.8, 4) is 5.75 Å². The number of thiazole rings is 1. The lowest BCUT2D eigenvalue weighted by atomic mass is 10.3. The van der Waals surface area contributed by atoms with Gasteiger partial charge in [0.1, 0.15) is 10.8 Å². The third kappa shape index (κ3) is 3.28. The van der Waals surface area contributed by atoms with Crippen LogP contribution < -0.4 is 10.1 Å². The van der Waals surface area contributed by atoms with E-state index in [-0.39, 0.29) is 5.75 Å². The van der Waals surface area contributed by atoms with Gasteiger partial charge in [0.2, 0.25) is 0 Å². The van der Waals surface area contributed by atoms with Gasteiger partial charge in [-0.1, -0.05) is 24.3 Å². The summed E-state index contributed by atoms with van der Waals surface area (Å²) in [6.07, 6.45) is 0. The number of hydrogen-bond donors (Lipinski definition) is 1. The number of ether oxygens (including phenoxy) is 1. The highest BCUT2D eigenvalue weighted by molar-refractivity contribution is 7.18. The van der Waals surface area contributed by atoms with E-state index in [1.54, 1.807) is 29.5 Å². The van der Waals surface area contributed by atoms with Crippen LogP contribution in [0.4, 0.5) is 14.5 Å². The van der Waals surface area contributed by atoms with Crippen LogP contribution in [0.15, 0.2) is 48.5 Å². The Morgan fingerprint density at radius 3 is 2.67 bits per heavy atom. The maximum absolute atomic E-state index is 12.3. The summed E-state index contributed by atoms with van der Waals surface area (Å²) >= 11 is 1.57. The maximum Gasteiger partial charge on any atom is 0.387 e. The van der Waals surface area contributed by atoms with Crippen molar-refractivity contribution in [2.24, 2.45) is 0 Å². The smallest absolute Gasteiger partial charge is 0.387 e. The number of halogens is 2. The van der Waals surface area contributed by atoms with Crippen molar-refractivity contribution in [3.63, 3.8) is 0 Å². The Labute approximate surface area is 124 Å². The molecule has 0 aliphatic heterocycles. The molecule has 0 unspecified atom stereocenters. The second kappa shape index (κ2) is 6.05. The zero-order valence-corrected chi connectivity index (χ0v) is 11.7. The third-order valence-electron chi connectivity index (χ3n) is 2.87. The first-order valence-electron chi connectivity index (χ1n) is 6.34. The summed E-state index contributed by atoms with van der Waals surface area (Å²) in [5.74, 6) is 0.133. The molecular weight excluding hydrogens is 294 g/mol. The van der Waals surface area contributed by atoms with Gasteiger partial charge >= 0.3 is 6.61 Å². The van der Waals surface area contributed by atoms with Crippen LogP contribution in [0.5, 0.6) is 5.75 Å². The summed E-state index contributed by atoms with van der Waals surface area (Å²) in [6.45, 7) is -2.38. The van der Waals surface area contributed by atoms with E-state index in [0.29, 0.717) is 12.2 Å². The van der Waals surface area contributed by atoms with Gasteiger partial charge in [-0.2, -0.15) is 8.78 Å². The van der Waals surface area contributed by atoms with Gasteiger partial charge in [-0.05, 0) is 24.3 Å². The van der Waals surface area contributed by atoms with Crippen LogP contribution in [0.3, 0.4) is 0 Å². The predicted molar refractivity (Wildman–Crippen MR) is 80.0 cm³/mol. The number of rotatable bonds is 5. The maximum atomic E-state index is 12.3. The molecular formula is C15H12F2N2OS. The summed E-state index contributed by atoms with van der Waals surface area (Å²) in [6, 6.07) is 14.5. The van der Waals surface area contributed by atoms with Gasteiger partial charge in [0.25, 0.3) is 0 Å². The molecule has 3 nitrogen and oxygen atoms in total. The highest BCUT2D eigenvalue weighted by atomic mass is 32.1. The van der Waals surface area contributed by atoms with Gasteiger partial charge in [-0.25, -0.2) is 4.98 Å². The Hall–Kier alpha value is -2.21. The lowest BCUT2D eigenvalue weighted by molar-refractivity contribution is -0.0493. The number of nitrogens with one attached hydrogen (secondary N) is 1. The topological polar surface area (TPSA) is 34.1 Å². The molecule has 0 aliphatic carbocycles. The second-order valence-electron chi connectivity index (χ2n) is 4.30. The highest BCUT2D eigenvalue weighted by Crippen LogP contribution is 2.27. The molecule has 0 saturated carbocycles. The molecule has 3 aromatic rings. The lowest BCUT2D eigenvalue weighted by Crippen LogP contribution is -2.06. The standard InChI is InChI=1S/C15H12F2N2OS/c16-15(17)20-12-7-3-1-5-10(12)18-9-14-19-11-6-2-4-8-13(11)21-14/h1-8,15,18H,9H2. The number of nitrogens with zero attached hydrogens (tertiary/aromatic N) is 1. The average Bonchev–Trinajstić information content (AvgIpc) is 2.88. The number of para-hydroxylation sites is 3. The number of anilines is 1. The molecule has 0 atom stereocenters. The number of hydrogen-bond acceptors (Lipinski definition) is 4. The fourth-order valence-electron chi connectivity index (χ4n) is 1.98. The van der Waals surface area contributed by atoms with Gasteiger partial charge in [0, 0.05) is 0 Å². The van der Waals surface area contributed by atoms with Gasteiger partial charge in [0.15, 0.2) is 0 Å². The zero-order valence-electron chi connectivity index (χ0n) is 10.9. The van der Waals surface area contributed by atoms with E-state index in [2.05, 4.69) is 15.0 Å². The summed E-state index contributed by atoms with van der Waals surface area (Å²) in [4.78, 5) is 4.49. The molecule has 1 aromatic heterocycles. The molecule has 0 amide bonds. The minimum atomic E-state index is -2.84. The molecule has 0 fully saturated rings. The van der Waals surface area contributed by atoms with Crippen LogP contribution in [0, 0.1) is 0 Å². The first-order chi connectivity index (χ1) is 10.2. The fraction of sp³-hybridized carbons (Fsp3) is 0.133. The molecule has 21 heavy (non-hydrogen) atoms. The SMILES string of the molecule is FC(F)Oc1ccccc1NCc1nc2ccccc2s1. The minimum absolute atomic E-state index is 0.133. The first kappa shape index (κ1) is 13.8. The highest BCUT2D eigenvalue weighted by Gasteiger charge is 2.09. The molecule has 1 heterocycles. The van der Waals surface area contributed by atoms with Crippen molar-refractivity contribution in [2.75, 3.05) is 5.32 Å². The monoisotopic (exact) mass is 306 g/mol. The van der Waals surface area contributed by atoms with Crippen LogP contribution in [0.1, 0.15) is 5.01 Å². The van der Waals surface area contributed by atoms with Crippen molar-refractivity contribution in [3.05, 3.63) is 53.5 Å². The molecule has 108 valence electrons. The largest absolute Gasteiger partial charge is 0.433 e. The summed E-state index contributed by atoms with van der Waals surface area (Å²) in [7, 11) is 0. The summed E-state index contributed by atoms with van der Waals surface area (Å²) in [5.41, 5.74) is 1.47. The Bertz CT molecular complexity index is 712. The van der Waals surface area contributed by atoms with Crippen LogP contribution >= 0.6 is 11.3 Å². The van der Waals surface area contributed by atoms with Gasteiger partial charge < -0.3 is 10.1 Å². The van der Waals surface area contributed by atoms with Crippen molar-refractivity contribution in [1.82, 2.24) is 4.98 Å². The van der Waals surface area contributed by atoms with E-state index >= 15 is 0 Å². The van der Waals surface area contributed by atoms with E-state index in [0.717, 1.165) is 15.2 Å². The third-order valence-corrected chi connectivity index (χ3v) is 3.91. The molecule has 2 aromatic carbocycles. The zero-order chi connectivity index (χ0) is 14.7. The number of benzene rings is 2. The molecule has 0 saturated heterocycles. The van der Waals surface area contributed by atoms with Gasteiger partial charge in [-0.15, -0.1) is 11.3 Å². The van der Waals surface area contributed by atoms with Crippen LogP contribution in [0.2, 0.25) is 0 Å². The molecule has 0 aliphatic rings. The van der Waals surface area contributed by atoms with E-state index in [9.17, 15) is 8.78 Å². The van der Waals surface area contributed by atoms with E-state index in [1.807, 2.05) is 24.3 Å². The number of fused-ring (bicyclic) bond motifs is 1. The Morgan fingerprint density at radius 1 is 1.10 bits per heavy atom. The van der Waals surface area contributed by atoms with Crippen LogP contribution in [0.25, 0.3) is 10.2 Å². The quantitative estimate of drug-likeness (QED) is 0.753. The van der Waals surface area contributed by atoms with Crippen molar-refractivity contribution in [1.29, 1.82) is 0 Å². The Morgan fingerprint density at radius 2 is 1.86 bits per heavy atom. The summed E-state index contributed by atoms with van der Waals surface area (Å²) in [5, 5.41) is 3.98. The molecule has 0 bridgehead atoms. The molecule has 0 spiro atoms. The lowest BCUT2D eigenvalue weighted by Gasteiger charge is -2.11. The van der Waals surface area contributed by atoms with E-state index in [4.69, 9.17) is 0 Å². The molecule has 0 radical (unpaired) electrons. The average molecular weight is 306 g/mol.